The second-order valence-corrected chi connectivity index (χ2v) is 7.48. The molecular formula is C17H20N2O2S. The van der Waals surface area contributed by atoms with Crippen LogP contribution in [-0.4, -0.2) is 16.3 Å². The van der Waals surface area contributed by atoms with Gasteiger partial charge in [-0.15, -0.1) is 11.3 Å². The fourth-order valence-electron chi connectivity index (χ4n) is 1.83. The smallest absolute Gasteiger partial charge is 0.253 e. The highest BCUT2D eigenvalue weighted by molar-refractivity contribution is 7.09. The number of aryl methyl sites for hydroxylation is 1. The Kier molecular flexibility index (Phi) is 4.47. The summed E-state index contributed by atoms with van der Waals surface area (Å²) in [6.07, 6.45) is 1.95. The molecule has 0 radical (unpaired) electrons. The van der Waals surface area contributed by atoms with E-state index in [1.54, 1.807) is 19.1 Å². The van der Waals surface area contributed by atoms with Crippen LogP contribution >= 0.6 is 11.3 Å². The minimum absolute atomic E-state index is 0.0332. The van der Waals surface area contributed by atoms with E-state index < -0.39 is 5.41 Å². The Morgan fingerprint density at radius 3 is 2.23 bits per heavy atom. The van der Waals surface area contributed by atoms with Gasteiger partial charge in [0, 0.05) is 27.7 Å². The van der Waals surface area contributed by atoms with Crippen LogP contribution < -0.4 is 4.80 Å². The topological polar surface area (TPSA) is 51.4 Å². The third-order valence-corrected chi connectivity index (χ3v) is 4.06. The van der Waals surface area contributed by atoms with Crippen molar-refractivity contribution >= 4 is 23.0 Å². The molecule has 0 aliphatic heterocycles. The minimum atomic E-state index is -0.506. The second-order valence-electron chi connectivity index (χ2n) is 6.26. The Balaban J connectivity index is 2.51. The minimum Gasteiger partial charge on any atom is -0.295 e. The molecule has 1 heterocycles. The Hall–Kier alpha value is -2.01. The highest BCUT2D eigenvalue weighted by Crippen LogP contribution is 2.16. The summed E-state index contributed by atoms with van der Waals surface area (Å²) in [6, 6.07) is 7.30. The molecule has 0 spiro atoms. The monoisotopic (exact) mass is 316 g/mol. The Morgan fingerprint density at radius 2 is 1.73 bits per heavy atom. The maximum atomic E-state index is 12.2. The molecule has 0 aliphatic carbocycles. The van der Waals surface area contributed by atoms with Crippen LogP contribution in [0.1, 0.15) is 42.9 Å². The van der Waals surface area contributed by atoms with Gasteiger partial charge in [0.2, 0.25) is 0 Å². The van der Waals surface area contributed by atoms with Gasteiger partial charge in [0.1, 0.15) is 0 Å². The van der Waals surface area contributed by atoms with Gasteiger partial charge in [0.15, 0.2) is 10.6 Å². The number of thiazole rings is 1. The van der Waals surface area contributed by atoms with Crippen molar-refractivity contribution in [1.82, 2.24) is 4.57 Å². The molecule has 116 valence electrons. The molecule has 1 amide bonds. The van der Waals surface area contributed by atoms with Crippen LogP contribution in [0.2, 0.25) is 0 Å². The predicted molar refractivity (Wildman–Crippen MR) is 88.4 cm³/mol. The van der Waals surface area contributed by atoms with Crippen molar-refractivity contribution in [3.63, 3.8) is 0 Å². The molecule has 1 aromatic heterocycles. The molecule has 0 N–H and O–H groups in total. The maximum absolute atomic E-state index is 12.2. The molecule has 1 aromatic carbocycles. The van der Waals surface area contributed by atoms with Gasteiger partial charge in [0.05, 0.1) is 0 Å². The molecule has 0 atom stereocenters. The maximum Gasteiger partial charge on any atom is 0.253 e. The fraction of sp³-hybridized carbons (Fsp3) is 0.353. The fourth-order valence-corrected chi connectivity index (χ4v) is 2.66. The van der Waals surface area contributed by atoms with Crippen LogP contribution in [-0.2, 0) is 4.79 Å². The van der Waals surface area contributed by atoms with Crippen molar-refractivity contribution in [2.45, 2.75) is 34.6 Å². The standard InChI is InChI=1S/C17H20N2O2S/c1-11-10-19(14-8-6-13(7-9-14)12(2)20)16(22-11)18-15(21)17(3,4)5/h6-10H,1-5H3/b18-16-. The molecule has 0 bridgehead atoms. The molecule has 2 rings (SSSR count). The molecule has 0 fully saturated rings. The van der Waals surface area contributed by atoms with Crippen LogP contribution in [0.4, 0.5) is 0 Å². The molecule has 0 aliphatic rings. The Morgan fingerprint density at radius 1 is 1.14 bits per heavy atom. The lowest BCUT2D eigenvalue weighted by atomic mass is 9.96. The van der Waals surface area contributed by atoms with Crippen LogP contribution in [0, 0.1) is 12.3 Å². The predicted octanol–water partition coefficient (Wildman–Crippen LogP) is 3.52. The number of amides is 1. The van der Waals surface area contributed by atoms with E-state index in [-0.39, 0.29) is 11.7 Å². The van der Waals surface area contributed by atoms with E-state index in [9.17, 15) is 9.59 Å². The van der Waals surface area contributed by atoms with Crippen molar-refractivity contribution in [2.24, 2.45) is 10.4 Å². The van der Waals surface area contributed by atoms with Crippen molar-refractivity contribution in [2.75, 3.05) is 0 Å². The van der Waals surface area contributed by atoms with Gasteiger partial charge >= 0.3 is 0 Å². The van der Waals surface area contributed by atoms with Crippen LogP contribution in [0.15, 0.2) is 35.5 Å². The molecule has 4 nitrogen and oxygen atoms in total. The van der Waals surface area contributed by atoms with E-state index >= 15 is 0 Å². The number of ketones is 1. The number of hydrogen-bond donors (Lipinski definition) is 0. The Bertz CT molecular complexity index is 774. The van der Waals surface area contributed by atoms with E-state index in [4.69, 9.17) is 0 Å². The summed E-state index contributed by atoms with van der Waals surface area (Å²) < 4.78 is 1.88. The summed E-state index contributed by atoms with van der Waals surface area (Å²) in [7, 11) is 0. The number of hydrogen-bond acceptors (Lipinski definition) is 3. The zero-order valence-electron chi connectivity index (χ0n) is 13.5. The number of nitrogens with zero attached hydrogens (tertiary/aromatic N) is 2. The molecule has 22 heavy (non-hydrogen) atoms. The van der Waals surface area contributed by atoms with Gasteiger partial charge in [-0.1, -0.05) is 20.8 Å². The summed E-state index contributed by atoms with van der Waals surface area (Å²) >= 11 is 1.47. The molecule has 0 saturated heterocycles. The average molecular weight is 316 g/mol. The van der Waals surface area contributed by atoms with Crippen molar-refractivity contribution in [3.8, 4) is 5.69 Å². The lowest BCUT2D eigenvalue weighted by Gasteiger charge is -2.11. The normalized spacial score (nSPS) is 12.5. The lowest BCUT2D eigenvalue weighted by Crippen LogP contribution is -2.22. The molecular weight excluding hydrogens is 296 g/mol. The van der Waals surface area contributed by atoms with E-state index in [1.165, 1.54) is 11.3 Å². The first-order valence-corrected chi connectivity index (χ1v) is 7.90. The zero-order valence-corrected chi connectivity index (χ0v) is 14.3. The first kappa shape index (κ1) is 16.4. The first-order valence-electron chi connectivity index (χ1n) is 7.08. The number of Topliss-reactive ketones (excluding diaryl/α,β-unsaturated/α-hetero) is 1. The Labute approximate surface area is 134 Å². The van der Waals surface area contributed by atoms with Crippen molar-refractivity contribution in [1.29, 1.82) is 0 Å². The van der Waals surface area contributed by atoms with E-state index in [0.717, 1.165) is 10.6 Å². The van der Waals surface area contributed by atoms with E-state index in [1.807, 2.05) is 50.6 Å². The summed E-state index contributed by atoms with van der Waals surface area (Å²) in [5, 5.41) is 0. The number of benzene rings is 1. The lowest BCUT2D eigenvalue weighted by molar-refractivity contribution is -0.125. The number of rotatable bonds is 2. The van der Waals surface area contributed by atoms with Crippen LogP contribution in [0.3, 0.4) is 0 Å². The molecule has 0 unspecified atom stereocenters. The number of aromatic nitrogens is 1. The van der Waals surface area contributed by atoms with Gasteiger partial charge < -0.3 is 0 Å². The first-order chi connectivity index (χ1) is 10.2. The third kappa shape index (κ3) is 3.60. The van der Waals surface area contributed by atoms with Gasteiger partial charge in [0.25, 0.3) is 5.91 Å². The molecule has 2 aromatic rings. The summed E-state index contributed by atoms with van der Waals surface area (Å²) in [4.78, 5) is 29.5. The molecule has 5 heteroatoms. The van der Waals surface area contributed by atoms with Crippen LogP contribution in [0.25, 0.3) is 5.69 Å². The van der Waals surface area contributed by atoms with Crippen molar-refractivity contribution < 1.29 is 9.59 Å². The summed E-state index contributed by atoms with van der Waals surface area (Å²) in [5.74, 6) is -0.116. The van der Waals surface area contributed by atoms with Crippen LogP contribution in [0.5, 0.6) is 0 Å². The van der Waals surface area contributed by atoms with Gasteiger partial charge in [-0.05, 0) is 38.1 Å². The number of carbonyl (C=O) groups is 2. The van der Waals surface area contributed by atoms with Gasteiger partial charge in [-0.2, -0.15) is 4.99 Å². The van der Waals surface area contributed by atoms with Gasteiger partial charge in [-0.3, -0.25) is 14.2 Å². The number of carbonyl (C=O) groups excluding carboxylic acids is 2. The van der Waals surface area contributed by atoms with E-state index in [0.29, 0.717) is 10.4 Å². The van der Waals surface area contributed by atoms with Crippen molar-refractivity contribution in [3.05, 3.63) is 45.7 Å². The third-order valence-electron chi connectivity index (χ3n) is 3.16. The quantitative estimate of drug-likeness (QED) is 0.796. The van der Waals surface area contributed by atoms with E-state index in [2.05, 4.69) is 4.99 Å². The zero-order chi connectivity index (χ0) is 16.5. The van der Waals surface area contributed by atoms with Gasteiger partial charge in [-0.25, -0.2) is 0 Å². The summed E-state index contributed by atoms with van der Waals surface area (Å²) in [5.41, 5.74) is 1.05. The average Bonchev–Trinajstić information content (AvgIpc) is 2.78. The largest absolute Gasteiger partial charge is 0.295 e. The molecule has 0 saturated carbocycles. The SMILES string of the molecule is CC(=O)c1ccc(-n2cc(C)s/c2=N\C(=O)C(C)(C)C)cc1. The summed E-state index contributed by atoms with van der Waals surface area (Å²) in [6.45, 7) is 9.08. The highest BCUT2D eigenvalue weighted by atomic mass is 32.1. The second kappa shape index (κ2) is 6.01. The highest BCUT2D eigenvalue weighted by Gasteiger charge is 2.21.